The summed E-state index contributed by atoms with van der Waals surface area (Å²) in [6.45, 7) is 2.82. The Bertz CT molecular complexity index is 1780. The maximum Gasteiger partial charge on any atom is 0.295 e. The van der Waals surface area contributed by atoms with E-state index in [-0.39, 0.29) is 22.5 Å². The van der Waals surface area contributed by atoms with Crippen molar-refractivity contribution < 1.29 is 35.4 Å². The first-order chi connectivity index (χ1) is 21.0. The maximum atomic E-state index is 12.2. The van der Waals surface area contributed by atoms with Crippen LogP contribution in [0.5, 0.6) is 5.75 Å². The van der Waals surface area contributed by atoms with Crippen molar-refractivity contribution in [1.29, 1.82) is 0 Å². The Morgan fingerprint density at radius 2 is 1.05 bits per heavy atom. The van der Waals surface area contributed by atoms with E-state index >= 15 is 0 Å². The lowest BCUT2D eigenvalue weighted by Crippen LogP contribution is -2.01. The molecular formula is C30H28N4O8S2. The van der Waals surface area contributed by atoms with Crippen LogP contribution in [0.1, 0.15) is 23.6 Å². The quantitative estimate of drug-likeness (QED) is 0.0901. The summed E-state index contributed by atoms with van der Waals surface area (Å²) in [7, 11) is -7.84. The molecule has 228 valence electrons. The molecule has 4 aromatic carbocycles. The molecule has 0 spiro atoms. The van der Waals surface area contributed by atoms with E-state index in [0.717, 1.165) is 17.7 Å². The summed E-state index contributed by atoms with van der Waals surface area (Å²) in [4.78, 5) is -0.956. The molecule has 0 aliphatic heterocycles. The first-order valence-corrected chi connectivity index (χ1v) is 15.9. The molecule has 14 heteroatoms. The summed E-state index contributed by atoms with van der Waals surface area (Å²) in [5.74, 6) is 0.664. The Hall–Kier alpha value is -4.60. The second-order valence-electron chi connectivity index (χ2n) is 9.15. The van der Waals surface area contributed by atoms with Gasteiger partial charge in [0, 0.05) is 7.11 Å². The zero-order valence-corrected chi connectivity index (χ0v) is 25.2. The second-order valence-corrected chi connectivity index (χ2v) is 11.9. The van der Waals surface area contributed by atoms with Gasteiger partial charge in [0.05, 0.1) is 36.0 Å². The molecule has 0 unspecified atom stereocenters. The Morgan fingerprint density at radius 1 is 0.636 bits per heavy atom. The fourth-order valence-corrected chi connectivity index (χ4v) is 5.31. The molecule has 0 saturated heterocycles. The average Bonchev–Trinajstić information content (AvgIpc) is 2.99. The maximum absolute atomic E-state index is 12.2. The number of methoxy groups -OCH3 is 1. The first kappa shape index (κ1) is 32.3. The molecular weight excluding hydrogens is 608 g/mol. The SMILES string of the molecule is CCOc1ccc(N=Nc2ccc(/C=C/c3ccc(N=Nc4ccc(COC)cc4)cc3S(=O)(=O)O)c(S(=O)(=O)O)c2)cc1. The molecule has 0 aliphatic rings. The van der Waals surface area contributed by atoms with E-state index in [9.17, 15) is 25.9 Å². The van der Waals surface area contributed by atoms with Gasteiger partial charge < -0.3 is 9.47 Å². The molecule has 0 atom stereocenters. The highest BCUT2D eigenvalue weighted by Gasteiger charge is 2.17. The second kappa shape index (κ2) is 14.2. The minimum Gasteiger partial charge on any atom is -0.494 e. The highest BCUT2D eigenvalue weighted by molar-refractivity contribution is 7.86. The van der Waals surface area contributed by atoms with Crippen LogP contribution in [0.25, 0.3) is 12.2 Å². The molecule has 4 rings (SSSR count). The van der Waals surface area contributed by atoms with Gasteiger partial charge in [0.25, 0.3) is 20.2 Å². The Morgan fingerprint density at radius 3 is 1.45 bits per heavy atom. The van der Waals surface area contributed by atoms with Crippen molar-refractivity contribution in [2.75, 3.05) is 13.7 Å². The number of hydrogen-bond acceptors (Lipinski definition) is 10. The predicted molar refractivity (Wildman–Crippen MR) is 165 cm³/mol. The molecule has 12 nitrogen and oxygen atoms in total. The van der Waals surface area contributed by atoms with E-state index < -0.39 is 30.0 Å². The van der Waals surface area contributed by atoms with Crippen molar-refractivity contribution in [3.05, 3.63) is 102 Å². The van der Waals surface area contributed by atoms with Crippen LogP contribution in [-0.2, 0) is 31.6 Å². The standard InChI is InChI=1S/C30H28N4O8S2/c1-3-42-28-16-14-25(15-17-28)32-34-27-13-9-23(30(19-27)44(38,39)40)7-6-22-8-12-26(18-29(22)43(35,36)37)33-31-24-10-4-21(5-11-24)20-41-2/h4-19H,3,20H2,1-2H3,(H,35,36,37)(H,38,39,40)/b7-6+,33-31?,34-32?. The molecule has 0 heterocycles. The summed E-state index contributed by atoms with van der Waals surface area (Å²) in [6.07, 6.45) is 2.56. The van der Waals surface area contributed by atoms with E-state index in [0.29, 0.717) is 30.3 Å². The van der Waals surface area contributed by atoms with Crippen molar-refractivity contribution in [2.45, 2.75) is 23.3 Å². The van der Waals surface area contributed by atoms with Gasteiger partial charge in [0.1, 0.15) is 15.5 Å². The molecule has 0 radical (unpaired) electrons. The van der Waals surface area contributed by atoms with Gasteiger partial charge in [-0.3, -0.25) is 9.11 Å². The monoisotopic (exact) mass is 636 g/mol. The number of nitrogens with zero attached hydrogens (tertiary/aromatic N) is 4. The van der Waals surface area contributed by atoms with Crippen molar-refractivity contribution in [2.24, 2.45) is 20.5 Å². The van der Waals surface area contributed by atoms with Crippen LogP contribution in [0.3, 0.4) is 0 Å². The lowest BCUT2D eigenvalue weighted by molar-refractivity contribution is 0.185. The highest BCUT2D eigenvalue weighted by Crippen LogP contribution is 2.29. The van der Waals surface area contributed by atoms with Crippen LogP contribution in [0.2, 0.25) is 0 Å². The average molecular weight is 637 g/mol. The summed E-state index contributed by atoms with van der Waals surface area (Å²) < 4.78 is 78.9. The minimum atomic E-state index is -4.71. The molecule has 0 aliphatic carbocycles. The van der Waals surface area contributed by atoms with Crippen LogP contribution < -0.4 is 4.74 Å². The van der Waals surface area contributed by atoms with Crippen molar-refractivity contribution in [1.82, 2.24) is 0 Å². The van der Waals surface area contributed by atoms with E-state index in [1.807, 2.05) is 19.1 Å². The van der Waals surface area contributed by atoms with Gasteiger partial charge in [-0.25, -0.2) is 0 Å². The Labute approximate surface area is 254 Å². The molecule has 0 aromatic heterocycles. The Kier molecular flexibility index (Phi) is 10.5. The number of azo groups is 2. The molecule has 0 fully saturated rings. The topological polar surface area (TPSA) is 177 Å². The number of benzene rings is 4. The van der Waals surface area contributed by atoms with Gasteiger partial charge in [-0.05, 0) is 84.3 Å². The third-order valence-electron chi connectivity index (χ3n) is 5.95. The van der Waals surface area contributed by atoms with Gasteiger partial charge in [-0.2, -0.15) is 37.3 Å². The van der Waals surface area contributed by atoms with Gasteiger partial charge >= 0.3 is 0 Å². The number of ether oxygens (including phenoxy) is 2. The summed E-state index contributed by atoms with van der Waals surface area (Å²) in [5, 5.41) is 16.3. The summed E-state index contributed by atoms with van der Waals surface area (Å²) in [5.41, 5.74) is 2.32. The van der Waals surface area contributed by atoms with Gasteiger partial charge in [-0.1, -0.05) is 36.4 Å². The lowest BCUT2D eigenvalue weighted by Gasteiger charge is -2.06. The largest absolute Gasteiger partial charge is 0.494 e. The molecule has 0 bridgehead atoms. The van der Waals surface area contributed by atoms with E-state index in [1.54, 1.807) is 43.5 Å². The lowest BCUT2D eigenvalue weighted by atomic mass is 10.1. The smallest absolute Gasteiger partial charge is 0.295 e. The minimum absolute atomic E-state index is 0.0366. The van der Waals surface area contributed by atoms with Gasteiger partial charge in [0.15, 0.2) is 0 Å². The fourth-order valence-electron chi connectivity index (χ4n) is 3.90. The van der Waals surface area contributed by atoms with E-state index in [4.69, 9.17) is 9.47 Å². The van der Waals surface area contributed by atoms with Gasteiger partial charge in [0.2, 0.25) is 0 Å². The van der Waals surface area contributed by atoms with Crippen LogP contribution in [0.15, 0.2) is 115 Å². The molecule has 2 N–H and O–H groups in total. The molecule has 44 heavy (non-hydrogen) atoms. The van der Waals surface area contributed by atoms with Crippen LogP contribution >= 0.6 is 0 Å². The normalized spacial score (nSPS) is 12.5. The van der Waals surface area contributed by atoms with E-state index in [2.05, 4.69) is 20.5 Å². The van der Waals surface area contributed by atoms with Crippen LogP contribution in [0, 0.1) is 0 Å². The molecule has 0 saturated carbocycles. The molecule has 4 aromatic rings. The number of hydrogen-bond donors (Lipinski definition) is 2. The van der Waals surface area contributed by atoms with Crippen molar-refractivity contribution in [3.63, 3.8) is 0 Å². The predicted octanol–water partition coefficient (Wildman–Crippen LogP) is 7.73. The van der Waals surface area contributed by atoms with Crippen molar-refractivity contribution >= 4 is 55.1 Å². The van der Waals surface area contributed by atoms with E-state index in [1.165, 1.54) is 36.4 Å². The van der Waals surface area contributed by atoms with Gasteiger partial charge in [-0.15, -0.1) is 0 Å². The van der Waals surface area contributed by atoms with Crippen LogP contribution in [0.4, 0.5) is 22.7 Å². The highest BCUT2D eigenvalue weighted by atomic mass is 32.2. The zero-order chi connectivity index (χ0) is 31.7. The third-order valence-corrected chi connectivity index (χ3v) is 7.77. The third kappa shape index (κ3) is 8.95. The fraction of sp³-hybridized carbons (Fsp3) is 0.133. The zero-order valence-electron chi connectivity index (χ0n) is 23.6. The summed E-state index contributed by atoms with van der Waals surface area (Å²) >= 11 is 0. The van der Waals surface area contributed by atoms with Crippen LogP contribution in [-0.4, -0.2) is 39.7 Å². The molecule has 0 amide bonds. The first-order valence-electron chi connectivity index (χ1n) is 13.0. The van der Waals surface area contributed by atoms with Crippen molar-refractivity contribution in [3.8, 4) is 5.75 Å². The summed E-state index contributed by atoms with van der Waals surface area (Å²) in [6, 6.07) is 21.8. The number of rotatable bonds is 12. The Balaban J connectivity index is 1.60.